The van der Waals surface area contributed by atoms with Gasteiger partial charge in [0.25, 0.3) is 0 Å². The molecular weight excluding hydrogens is 407 g/mol. The molecule has 0 aliphatic rings. The molecule has 0 radical (unpaired) electrons. The standard InChI is InChI=1S/C18H21IO2S/c1-5-16-12-17(21-10-11-22-19)8-9-18(16)15(4)13(2)6-7-14(3)20/h6-9,12,20H,2-5,10-11H2,1H3/b7-6-. The lowest BCUT2D eigenvalue weighted by molar-refractivity contribution is 0.344. The normalized spacial score (nSPS) is 10.6. The van der Waals surface area contributed by atoms with E-state index in [0.29, 0.717) is 6.61 Å². The van der Waals surface area contributed by atoms with Gasteiger partial charge in [-0.15, -0.1) is 0 Å². The zero-order valence-corrected chi connectivity index (χ0v) is 15.7. The minimum absolute atomic E-state index is 0.00143. The van der Waals surface area contributed by atoms with E-state index < -0.39 is 0 Å². The minimum Gasteiger partial charge on any atom is -0.509 e. The summed E-state index contributed by atoms with van der Waals surface area (Å²) in [6, 6.07) is 6.03. The van der Waals surface area contributed by atoms with Gasteiger partial charge in [0.2, 0.25) is 0 Å². The number of aryl methyl sites for hydroxylation is 1. The lowest BCUT2D eigenvalue weighted by atomic mass is 9.94. The van der Waals surface area contributed by atoms with Gasteiger partial charge in [0.1, 0.15) is 11.5 Å². The van der Waals surface area contributed by atoms with Gasteiger partial charge in [-0.25, -0.2) is 0 Å². The predicted molar refractivity (Wildman–Crippen MR) is 107 cm³/mol. The highest BCUT2D eigenvalue weighted by atomic mass is 127. The van der Waals surface area contributed by atoms with Crippen LogP contribution in [0.15, 0.2) is 61.4 Å². The van der Waals surface area contributed by atoms with Crippen molar-refractivity contribution in [3.05, 3.63) is 72.5 Å². The molecule has 0 saturated carbocycles. The molecule has 0 heterocycles. The lowest BCUT2D eigenvalue weighted by Gasteiger charge is -2.14. The van der Waals surface area contributed by atoms with E-state index >= 15 is 0 Å². The molecule has 0 amide bonds. The van der Waals surface area contributed by atoms with E-state index in [1.807, 2.05) is 12.1 Å². The van der Waals surface area contributed by atoms with Crippen LogP contribution in [0.5, 0.6) is 5.75 Å². The van der Waals surface area contributed by atoms with Crippen LogP contribution in [0.3, 0.4) is 0 Å². The Balaban J connectivity index is 2.92. The molecule has 118 valence electrons. The number of ether oxygens (including phenoxy) is 1. The van der Waals surface area contributed by atoms with Crippen LogP contribution in [0.25, 0.3) is 5.57 Å². The zero-order chi connectivity index (χ0) is 16.5. The van der Waals surface area contributed by atoms with Crippen molar-refractivity contribution in [3.8, 4) is 5.75 Å². The molecule has 0 aromatic heterocycles. The first kappa shape index (κ1) is 18.9. The third kappa shape index (κ3) is 5.93. The molecule has 1 aromatic carbocycles. The first-order valence-electron chi connectivity index (χ1n) is 6.93. The molecule has 2 nitrogen and oxygen atoms in total. The van der Waals surface area contributed by atoms with Crippen molar-refractivity contribution in [2.75, 3.05) is 12.4 Å². The van der Waals surface area contributed by atoms with E-state index in [4.69, 9.17) is 9.84 Å². The third-order valence-corrected chi connectivity index (χ3v) is 4.72. The Bertz CT molecular complexity index is 591. The molecular formula is C18H21IO2S. The Morgan fingerprint density at radius 1 is 1.32 bits per heavy atom. The molecule has 1 rings (SSSR count). The highest BCUT2D eigenvalue weighted by Gasteiger charge is 2.08. The van der Waals surface area contributed by atoms with Gasteiger partial charge >= 0.3 is 0 Å². The lowest BCUT2D eigenvalue weighted by Crippen LogP contribution is -2.01. The Morgan fingerprint density at radius 2 is 2.05 bits per heavy atom. The van der Waals surface area contributed by atoms with Crippen LogP contribution in [-0.4, -0.2) is 17.5 Å². The van der Waals surface area contributed by atoms with Gasteiger partial charge in [-0.2, -0.15) is 0 Å². The summed E-state index contributed by atoms with van der Waals surface area (Å²) in [5.41, 5.74) is 3.81. The Kier molecular flexibility index (Phi) is 8.42. The van der Waals surface area contributed by atoms with Crippen molar-refractivity contribution in [1.82, 2.24) is 0 Å². The van der Waals surface area contributed by atoms with Crippen molar-refractivity contribution in [2.45, 2.75) is 13.3 Å². The van der Waals surface area contributed by atoms with Crippen LogP contribution in [0.2, 0.25) is 0 Å². The summed E-state index contributed by atoms with van der Waals surface area (Å²) in [5.74, 6) is 1.84. The molecule has 0 atom stereocenters. The van der Waals surface area contributed by atoms with Gasteiger partial charge in [0.05, 0.1) is 6.61 Å². The van der Waals surface area contributed by atoms with Crippen molar-refractivity contribution in [2.24, 2.45) is 0 Å². The number of aliphatic hydroxyl groups excluding tert-OH is 1. The molecule has 22 heavy (non-hydrogen) atoms. The average Bonchev–Trinajstić information content (AvgIpc) is 2.51. The first-order chi connectivity index (χ1) is 10.5. The highest BCUT2D eigenvalue weighted by molar-refractivity contribution is 14.2. The topological polar surface area (TPSA) is 29.5 Å². The molecule has 0 unspecified atom stereocenters. The number of halogens is 1. The molecule has 0 aliphatic heterocycles. The van der Waals surface area contributed by atoms with Crippen LogP contribution >= 0.6 is 30.1 Å². The maximum atomic E-state index is 9.12. The van der Waals surface area contributed by atoms with Crippen LogP contribution in [0.4, 0.5) is 0 Å². The molecule has 1 aromatic rings. The van der Waals surface area contributed by atoms with E-state index in [9.17, 15) is 0 Å². The Hall–Kier alpha value is -1.14. The SMILES string of the molecule is C=C(O)/C=C\C(=C)C(=C)c1ccc(OCCSI)cc1CC. The van der Waals surface area contributed by atoms with Gasteiger partial charge in [-0.1, -0.05) is 47.7 Å². The van der Waals surface area contributed by atoms with E-state index in [-0.39, 0.29) is 5.76 Å². The van der Waals surface area contributed by atoms with E-state index in [2.05, 4.69) is 53.9 Å². The van der Waals surface area contributed by atoms with Crippen molar-refractivity contribution < 1.29 is 9.84 Å². The second-order valence-electron chi connectivity index (χ2n) is 4.66. The van der Waals surface area contributed by atoms with Gasteiger partial charge in [0.15, 0.2) is 0 Å². The zero-order valence-electron chi connectivity index (χ0n) is 12.8. The van der Waals surface area contributed by atoms with Crippen LogP contribution in [0.1, 0.15) is 18.1 Å². The maximum absolute atomic E-state index is 9.12. The van der Waals surface area contributed by atoms with Crippen LogP contribution in [0, 0.1) is 0 Å². The summed E-state index contributed by atoms with van der Waals surface area (Å²) in [4.78, 5) is 0. The molecule has 0 spiro atoms. The Labute approximate surface area is 149 Å². The molecule has 1 N–H and O–H groups in total. The van der Waals surface area contributed by atoms with E-state index in [0.717, 1.165) is 34.6 Å². The monoisotopic (exact) mass is 428 g/mol. The predicted octanol–water partition coefficient (Wildman–Crippen LogP) is 5.91. The summed E-state index contributed by atoms with van der Waals surface area (Å²) < 4.78 is 5.73. The number of hydrogen-bond acceptors (Lipinski definition) is 3. The maximum Gasteiger partial charge on any atom is 0.119 e. The smallest absolute Gasteiger partial charge is 0.119 e. The van der Waals surface area contributed by atoms with Gasteiger partial charge in [-0.05, 0) is 68.1 Å². The summed E-state index contributed by atoms with van der Waals surface area (Å²) in [6.07, 6.45) is 4.11. The molecule has 0 bridgehead atoms. The molecule has 4 heteroatoms. The highest BCUT2D eigenvalue weighted by Crippen LogP contribution is 2.28. The second kappa shape index (κ2) is 9.79. The summed E-state index contributed by atoms with van der Waals surface area (Å²) in [7, 11) is 1.73. The molecule has 0 aliphatic carbocycles. The van der Waals surface area contributed by atoms with Gasteiger partial charge in [0, 0.05) is 5.75 Å². The van der Waals surface area contributed by atoms with Crippen molar-refractivity contribution in [3.63, 3.8) is 0 Å². The molecule has 0 saturated heterocycles. The van der Waals surface area contributed by atoms with Crippen LogP contribution in [-0.2, 0) is 6.42 Å². The number of aliphatic hydroxyl groups is 1. The fourth-order valence-corrected chi connectivity index (χ4v) is 2.59. The number of benzene rings is 1. The number of rotatable bonds is 9. The van der Waals surface area contributed by atoms with E-state index in [1.165, 1.54) is 11.6 Å². The summed E-state index contributed by atoms with van der Waals surface area (Å²) in [5, 5.41) is 9.12. The fourth-order valence-electron chi connectivity index (χ4n) is 1.91. The Morgan fingerprint density at radius 3 is 2.64 bits per heavy atom. The van der Waals surface area contributed by atoms with Gasteiger partial charge < -0.3 is 9.84 Å². The van der Waals surface area contributed by atoms with Crippen LogP contribution < -0.4 is 4.74 Å². The first-order valence-corrected chi connectivity index (χ1v) is 10.5. The fraction of sp³-hybridized carbons (Fsp3) is 0.222. The minimum atomic E-state index is 0.00143. The van der Waals surface area contributed by atoms with E-state index in [1.54, 1.807) is 15.0 Å². The molecule has 0 fully saturated rings. The number of hydrogen-bond donors (Lipinski definition) is 1. The quantitative estimate of drug-likeness (QED) is 0.230. The van der Waals surface area contributed by atoms with Gasteiger partial charge in [-0.3, -0.25) is 0 Å². The third-order valence-electron chi connectivity index (χ3n) is 3.08. The summed E-state index contributed by atoms with van der Waals surface area (Å²) in [6.45, 7) is 14.3. The number of allylic oxidation sites excluding steroid dienone is 4. The second-order valence-corrected chi connectivity index (χ2v) is 7.16. The largest absolute Gasteiger partial charge is 0.509 e. The average molecular weight is 428 g/mol. The van der Waals surface area contributed by atoms with Crippen molar-refractivity contribution >= 4 is 35.7 Å². The van der Waals surface area contributed by atoms with Crippen molar-refractivity contribution in [1.29, 1.82) is 0 Å². The summed E-state index contributed by atoms with van der Waals surface area (Å²) >= 11 is 2.26.